The number of aryl methyl sites for hydroxylation is 1. The van der Waals surface area contributed by atoms with E-state index in [1.54, 1.807) is 0 Å². The Morgan fingerprint density at radius 2 is 1.84 bits per heavy atom. The van der Waals surface area contributed by atoms with Gasteiger partial charge in [-0.1, -0.05) is 67.1 Å². The molecule has 0 bridgehead atoms. The van der Waals surface area contributed by atoms with Gasteiger partial charge in [0.2, 0.25) is 0 Å². The molecule has 0 spiro atoms. The molecular formula is C17H21ClS. The number of rotatable bonds is 2. The Kier molecular flexibility index (Phi) is 7.04. The van der Waals surface area contributed by atoms with Gasteiger partial charge in [-0.05, 0) is 49.0 Å². The highest BCUT2D eigenvalue weighted by atomic mass is 35.5. The molecule has 0 saturated heterocycles. The van der Waals surface area contributed by atoms with E-state index in [9.17, 15) is 0 Å². The number of benzene rings is 1. The van der Waals surface area contributed by atoms with Crippen LogP contribution in [0.1, 0.15) is 32.8 Å². The van der Waals surface area contributed by atoms with Crippen LogP contribution < -0.4 is 0 Å². The van der Waals surface area contributed by atoms with Crippen LogP contribution in [0.5, 0.6) is 0 Å². The van der Waals surface area contributed by atoms with E-state index in [-0.39, 0.29) is 0 Å². The van der Waals surface area contributed by atoms with Gasteiger partial charge >= 0.3 is 0 Å². The summed E-state index contributed by atoms with van der Waals surface area (Å²) in [6.07, 6.45) is 7.02. The molecule has 102 valence electrons. The Balaban J connectivity index is 0.000000861. The molecule has 19 heavy (non-hydrogen) atoms. The smallest absolute Gasteiger partial charge is 0.0369 e. The summed E-state index contributed by atoms with van der Waals surface area (Å²) in [6.45, 7) is 8.26. The third-order valence-electron chi connectivity index (χ3n) is 2.65. The van der Waals surface area contributed by atoms with E-state index in [0.717, 1.165) is 11.5 Å². The average Bonchev–Trinajstić information content (AvgIpc) is 2.57. The molecule has 0 fully saturated rings. The highest BCUT2D eigenvalue weighted by Crippen LogP contribution is 2.34. The Hall–Kier alpha value is -0.920. The predicted molar refractivity (Wildman–Crippen MR) is 88.8 cm³/mol. The molecule has 0 N–H and O–H groups in total. The van der Waals surface area contributed by atoms with Crippen LogP contribution in [-0.4, -0.2) is 0 Å². The summed E-state index contributed by atoms with van der Waals surface area (Å²) in [6, 6.07) is 8.58. The third-order valence-corrected chi connectivity index (χ3v) is 4.15. The molecule has 2 rings (SSSR count). The second-order valence-corrected chi connectivity index (χ2v) is 5.76. The molecule has 0 heterocycles. The van der Waals surface area contributed by atoms with Crippen molar-refractivity contribution in [1.82, 2.24) is 0 Å². The maximum Gasteiger partial charge on any atom is 0.0369 e. The minimum Gasteiger partial charge on any atom is -0.0939 e. The normalized spacial score (nSPS) is 14.5. The summed E-state index contributed by atoms with van der Waals surface area (Å²) in [7, 11) is 0. The predicted octanol–water partition coefficient (Wildman–Crippen LogP) is 6.47. The lowest BCUT2D eigenvalue weighted by Crippen LogP contribution is -1.81. The van der Waals surface area contributed by atoms with Crippen LogP contribution >= 0.6 is 23.4 Å². The molecule has 1 aromatic carbocycles. The summed E-state index contributed by atoms with van der Waals surface area (Å²) in [5, 5.41) is 0.823. The molecule has 1 aliphatic carbocycles. The van der Waals surface area contributed by atoms with Crippen molar-refractivity contribution in [3.8, 4) is 0 Å². The summed E-state index contributed by atoms with van der Waals surface area (Å²) >= 11 is 7.85. The zero-order chi connectivity index (χ0) is 14.3. The van der Waals surface area contributed by atoms with E-state index in [1.807, 2.05) is 31.7 Å². The second-order valence-electron chi connectivity index (χ2n) is 4.15. The lowest BCUT2D eigenvalue weighted by molar-refractivity contribution is 1.29. The quantitative estimate of drug-likeness (QED) is 0.602. The highest BCUT2D eigenvalue weighted by molar-refractivity contribution is 8.03. The Morgan fingerprint density at radius 1 is 1.11 bits per heavy atom. The SMILES string of the molecule is CC.CC1=C(Sc2cccc(C)c2)CC=C(Cl)C=C1. The average molecular weight is 293 g/mol. The lowest BCUT2D eigenvalue weighted by atomic mass is 10.2. The van der Waals surface area contributed by atoms with Crippen LogP contribution in [0.25, 0.3) is 0 Å². The van der Waals surface area contributed by atoms with E-state index in [2.05, 4.69) is 50.3 Å². The van der Waals surface area contributed by atoms with Crippen molar-refractivity contribution < 1.29 is 0 Å². The van der Waals surface area contributed by atoms with Crippen LogP contribution in [0.3, 0.4) is 0 Å². The van der Waals surface area contributed by atoms with Crippen LogP contribution in [-0.2, 0) is 0 Å². The molecule has 0 saturated carbocycles. The summed E-state index contributed by atoms with van der Waals surface area (Å²) in [4.78, 5) is 2.65. The van der Waals surface area contributed by atoms with E-state index >= 15 is 0 Å². The molecule has 1 aromatic rings. The maximum absolute atomic E-state index is 6.02. The molecule has 0 aromatic heterocycles. The first kappa shape index (κ1) is 16.1. The fourth-order valence-corrected chi connectivity index (χ4v) is 2.87. The molecule has 1 aliphatic rings. The van der Waals surface area contributed by atoms with Crippen LogP contribution in [0, 0.1) is 6.92 Å². The maximum atomic E-state index is 6.02. The zero-order valence-corrected chi connectivity index (χ0v) is 13.6. The Labute approximate surface area is 126 Å². The summed E-state index contributed by atoms with van der Waals surface area (Å²) < 4.78 is 0. The zero-order valence-electron chi connectivity index (χ0n) is 12.0. The molecular weight excluding hydrogens is 272 g/mol. The number of thioether (sulfide) groups is 1. The monoisotopic (exact) mass is 292 g/mol. The molecule has 0 atom stereocenters. The summed E-state index contributed by atoms with van der Waals surface area (Å²) in [5.41, 5.74) is 2.59. The van der Waals surface area contributed by atoms with Gasteiger partial charge in [0.1, 0.15) is 0 Å². The van der Waals surface area contributed by atoms with E-state index in [4.69, 9.17) is 11.6 Å². The summed E-state index contributed by atoms with van der Waals surface area (Å²) in [5.74, 6) is 0. The first-order valence-electron chi connectivity index (χ1n) is 6.63. The second kappa shape index (κ2) is 8.29. The topological polar surface area (TPSA) is 0 Å². The molecule has 0 unspecified atom stereocenters. The third kappa shape index (κ3) is 5.30. The van der Waals surface area contributed by atoms with Crippen molar-refractivity contribution in [2.45, 2.75) is 39.0 Å². The molecule has 0 nitrogen and oxygen atoms in total. The fourth-order valence-electron chi connectivity index (χ4n) is 1.66. The Bertz CT molecular complexity index is 510. The first-order valence-corrected chi connectivity index (χ1v) is 7.82. The van der Waals surface area contributed by atoms with Gasteiger partial charge in [-0.2, -0.15) is 0 Å². The van der Waals surface area contributed by atoms with E-state index in [0.29, 0.717) is 0 Å². The highest BCUT2D eigenvalue weighted by Gasteiger charge is 2.06. The van der Waals surface area contributed by atoms with Gasteiger partial charge in [0.05, 0.1) is 0 Å². The lowest BCUT2D eigenvalue weighted by Gasteiger charge is -2.07. The number of halogens is 1. The van der Waals surface area contributed by atoms with Crippen LogP contribution in [0.4, 0.5) is 0 Å². The van der Waals surface area contributed by atoms with Gasteiger partial charge in [-0.3, -0.25) is 0 Å². The number of allylic oxidation sites excluding steroid dienone is 6. The van der Waals surface area contributed by atoms with Crippen LogP contribution in [0.15, 0.2) is 62.9 Å². The van der Waals surface area contributed by atoms with E-state index in [1.165, 1.54) is 20.9 Å². The molecule has 2 heteroatoms. The van der Waals surface area contributed by atoms with Crippen molar-refractivity contribution in [1.29, 1.82) is 0 Å². The standard InChI is InChI=1S/C15H15ClS.C2H6/c1-11-4-3-5-14(10-11)17-15-9-8-13(16)7-6-12(15)2;1-2/h3-8,10H,9H2,1-2H3;1-2H3. The van der Waals surface area contributed by atoms with Crippen molar-refractivity contribution in [2.75, 3.05) is 0 Å². The van der Waals surface area contributed by atoms with Gasteiger partial charge in [0, 0.05) is 9.93 Å². The van der Waals surface area contributed by atoms with Gasteiger partial charge in [0.15, 0.2) is 0 Å². The van der Waals surface area contributed by atoms with Crippen molar-refractivity contribution in [2.24, 2.45) is 0 Å². The molecule has 0 amide bonds. The molecule has 0 radical (unpaired) electrons. The molecule has 0 aliphatic heterocycles. The van der Waals surface area contributed by atoms with Gasteiger partial charge in [-0.15, -0.1) is 0 Å². The first-order chi connectivity index (χ1) is 9.15. The Morgan fingerprint density at radius 3 is 2.53 bits per heavy atom. The minimum absolute atomic E-state index is 0.823. The van der Waals surface area contributed by atoms with Gasteiger partial charge < -0.3 is 0 Å². The van der Waals surface area contributed by atoms with Crippen LogP contribution in [0.2, 0.25) is 0 Å². The van der Waals surface area contributed by atoms with Crippen molar-refractivity contribution >= 4 is 23.4 Å². The van der Waals surface area contributed by atoms with Crippen molar-refractivity contribution in [3.63, 3.8) is 0 Å². The van der Waals surface area contributed by atoms with Crippen molar-refractivity contribution in [3.05, 3.63) is 63.6 Å². The number of hydrogen-bond donors (Lipinski definition) is 0. The van der Waals surface area contributed by atoms with Gasteiger partial charge in [0.25, 0.3) is 0 Å². The van der Waals surface area contributed by atoms with Gasteiger partial charge in [-0.25, -0.2) is 0 Å². The minimum atomic E-state index is 0.823. The largest absolute Gasteiger partial charge is 0.0939 e. The number of hydrogen-bond acceptors (Lipinski definition) is 1. The van der Waals surface area contributed by atoms with E-state index < -0.39 is 0 Å². The fraction of sp³-hybridized carbons (Fsp3) is 0.294.